The average molecular weight is 315 g/mol. The molecule has 2 unspecified atom stereocenters. The third kappa shape index (κ3) is 2.62. The fraction of sp³-hybridized carbons (Fsp3) is 0.600. The first-order valence-corrected chi connectivity index (χ1v) is 7.35. The van der Waals surface area contributed by atoms with Gasteiger partial charge in [0, 0.05) is 5.56 Å². The highest BCUT2D eigenvalue weighted by Crippen LogP contribution is 2.47. The molecule has 0 radical (unpaired) electrons. The molecular weight excluding hydrogens is 295 g/mol. The van der Waals surface area contributed by atoms with Gasteiger partial charge in [0.2, 0.25) is 0 Å². The monoisotopic (exact) mass is 314 g/mol. The summed E-state index contributed by atoms with van der Waals surface area (Å²) in [4.78, 5) is 0. The molecule has 1 aliphatic carbocycles. The second kappa shape index (κ2) is 5.30. The largest absolute Gasteiger partial charge is 0.388 e. The maximum absolute atomic E-state index is 14.1. The van der Waals surface area contributed by atoms with E-state index in [1.165, 1.54) is 6.42 Å². The molecule has 0 aromatic heterocycles. The smallest absolute Gasteiger partial charge is 0.143 e. The molecule has 0 spiro atoms. The minimum Gasteiger partial charge on any atom is -0.388 e. The van der Waals surface area contributed by atoms with E-state index in [2.05, 4.69) is 29.8 Å². The summed E-state index contributed by atoms with van der Waals surface area (Å²) >= 11 is 3.18. The fourth-order valence-electron chi connectivity index (χ4n) is 3.07. The lowest BCUT2D eigenvalue weighted by molar-refractivity contribution is 0.00193. The minimum absolute atomic E-state index is 0.0758. The quantitative estimate of drug-likeness (QED) is 0.828. The lowest BCUT2D eigenvalue weighted by atomic mass is 9.65. The summed E-state index contributed by atoms with van der Waals surface area (Å²) in [5.74, 6) is -0.193. The SMILES string of the molecule is CC1(C)CCCCC1C(O)c1cccc(Br)c1F. The van der Waals surface area contributed by atoms with Crippen molar-refractivity contribution >= 4 is 15.9 Å². The number of benzene rings is 1. The van der Waals surface area contributed by atoms with Crippen molar-refractivity contribution < 1.29 is 9.50 Å². The summed E-state index contributed by atoms with van der Waals surface area (Å²) in [6.45, 7) is 4.35. The van der Waals surface area contributed by atoms with Gasteiger partial charge in [0.15, 0.2) is 0 Å². The predicted octanol–water partition coefficient (Wildman–Crippen LogP) is 4.84. The molecule has 1 fully saturated rings. The van der Waals surface area contributed by atoms with Crippen molar-refractivity contribution in [2.75, 3.05) is 0 Å². The number of hydrogen-bond donors (Lipinski definition) is 1. The normalized spacial score (nSPS) is 24.8. The molecule has 1 aromatic rings. The fourth-order valence-corrected chi connectivity index (χ4v) is 3.45. The first-order chi connectivity index (χ1) is 8.43. The van der Waals surface area contributed by atoms with Crippen LogP contribution in [-0.4, -0.2) is 5.11 Å². The summed E-state index contributed by atoms with van der Waals surface area (Å²) in [5.41, 5.74) is 0.497. The highest BCUT2D eigenvalue weighted by molar-refractivity contribution is 9.10. The Kier molecular flexibility index (Phi) is 4.12. The Bertz CT molecular complexity index is 431. The number of hydrogen-bond acceptors (Lipinski definition) is 1. The highest BCUT2D eigenvalue weighted by Gasteiger charge is 2.38. The van der Waals surface area contributed by atoms with Crippen molar-refractivity contribution in [2.24, 2.45) is 11.3 Å². The van der Waals surface area contributed by atoms with E-state index in [0.29, 0.717) is 10.0 Å². The van der Waals surface area contributed by atoms with Crippen LogP contribution in [0.5, 0.6) is 0 Å². The second-order valence-corrected chi connectivity index (χ2v) is 6.78. The average Bonchev–Trinajstić information content (AvgIpc) is 2.31. The Labute approximate surface area is 117 Å². The molecule has 1 aromatic carbocycles. The van der Waals surface area contributed by atoms with Crippen LogP contribution in [0.3, 0.4) is 0 Å². The van der Waals surface area contributed by atoms with Crippen LogP contribution in [0.4, 0.5) is 4.39 Å². The van der Waals surface area contributed by atoms with Crippen molar-refractivity contribution in [3.05, 3.63) is 34.1 Å². The topological polar surface area (TPSA) is 20.2 Å². The number of rotatable bonds is 2. The summed E-state index contributed by atoms with van der Waals surface area (Å²) in [5, 5.41) is 10.5. The zero-order valence-corrected chi connectivity index (χ0v) is 12.5. The molecule has 3 heteroatoms. The van der Waals surface area contributed by atoms with Gasteiger partial charge in [-0.2, -0.15) is 0 Å². The summed E-state index contributed by atoms with van der Waals surface area (Å²) in [6.07, 6.45) is 3.69. The highest BCUT2D eigenvalue weighted by atomic mass is 79.9. The van der Waals surface area contributed by atoms with E-state index >= 15 is 0 Å². The Morgan fingerprint density at radius 1 is 1.39 bits per heavy atom. The zero-order valence-electron chi connectivity index (χ0n) is 10.9. The van der Waals surface area contributed by atoms with E-state index in [9.17, 15) is 9.50 Å². The Morgan fingerprint density at radius 2 is 2.11 bits per heavy atom. The van der Waals surface area contributed by atoms with E-state index in [1.807, 2.05) is 0 Å². The van der Waals surface area contributed by atoms with Crippen LogP contribution in [0.25, 0.3) is 0 Å². The van der Waals surface area contributed by atoms with E-state index in [-0.39, 0.29) is 17.2 Å². The van der Waals surface area contributed by atoms with Gasteiger partial charge in [0.25, 0.3) is 0 Å². The maximum Gasteiger partial charge on any atom is 0.143 e. The van der Waals surface area contributed by atoms with E-state index in [0.717, 1.165) is 19.3 Å². The molecule has 1 N–H and O–H groups in total. The van der Waals surface area contributed by atoms with Crippen LogP contribution in [0.1, 0.15) is 51.2 Å². The van der Waals surface area contributed by atoms with Crippen molar-refractivity contribution in [3.8, 4) is 0 Å². The molecule has 0 amide bonds. The molecule has 2 atom stereocenters. The van der Waals surface area contributed by atoms with Crippen molar-refractivity contribution in [3.63, 3.8) is 0 Å². The molecular formula is C15H20BrFO. The van der Waals surface area contributed by atoms with Crippen LogP contribution < -0.4 is 0 Å². The minimum atomic E-state index is -0.710. The third-order valence-corrected chi connectivity index (χ3v) is 4.88. The van der Waals surface area contributed by atoms with Crippen LogP contribution in [0.15, 0.2) is 22.7 Å². The Balaban J connectivity index is 2.30. The molecule has 18 heavy (non-hydrogen) atoms. The standard InChI is InChI=1S/C15H20BrFO/c1-15(2)9-4-3-7-11(15)14(18)10-6-5-8-12(16)13(10)17/h5-6,8,11,14,18H,3-4,7,9H2,1-2H3. The Hall–Kier alpha value is -0.410. The van der Waals surface area contributed by atoms with E-state index < -0.39 is 6.10 Å². The van der Waals surface area contributed by atoms with Gasteiger partial charge >= 0.3 is 0 Å². The summed E-state index contributed by atoms with van der Waals surface area (Å²) < 4.78 is 14.5. The molecule has 1 aliphatic rings. The molecule has 2 rings (SSSR count). The van der Waals surface area contributed by atoms with Crippen LogP contribution in [0.2, 0.25) is 0 Å². The van der Waals surface area contributed by atoms with Gasteiger partial charge in [0.1, 0.15) is 5.82 Å². The summed E-state index contributed by atoms with van der Waals surface area (Å²) in [6, 6.07) is 5.13. The van der Waals surface area contributed by atoms with Gasteiger partial charge in [0.05, 0.1) is 10.6 Å². The van der Waals surface area contributed by atoms with Gasteiger partial charge < -0.3 is 5.11 Å². The second-order valence-electron chi connectivity index (χ2n) is 5.93. The van der Waals surface area contributed by atoms with Crippen LogP contribution in [-0.2, 0) is 0 Å². The summed E-state index contributed by atoms with van der Waals surface area (Å²) in [7, 11) is 0. The molecule has 1 nitrogen and oxygen atoms in total. The van der Waals surface area contributed by atoms with Crippen molar-refractivity contribution in [1.82, 2.24) is 0 Å². The molecule has 0 bridgehead atoms. The van der Waals surface area contributed by atoms with Crippen molar-refractivity contribution in [1.29, 1.82) is 0 Å². The molecule has 0 heterocycles. The maximum atomic E-state index is 14.1. The van der Waals surface area contributed by atoms with Crippen LogP contribution >= 0.6 is 15.9 Å². The number of aliphatic hydroxyl groups is 1. The third-order valence-electron chi connectivity index (χ3n) is 4.27. The Morgan fingerprint density at radius 3 is 2.78 bits per heavy atom. The van der Waals surface area contributed by atoms with Gasteiger partial charge in [-0.15, -0.1) is 0 Å². The van der Waals surface area contributed by atoms with E-state index in [1.54, 1.807) is 18.2 Å². The first-order valence-electron chi connectivity index (χ1n) is 6.55. The van der Waals surface area contributed by atoms with E-state index in [4.69, 9.17) is 0 Å². The van der Waals surface area contributed by atoms with Crippen molar-refractivity contribution in [2.45, 2.75) is 45.6 Å². The lowest BCUT2D eigenvalue weighted by Gasteiger charge is -2.41. The number of halogens is 2. The number of aliphatic hydroxyl groups excluding tert-OH is 1. The van der Waals surface area contributed by atoms with Gasteiger partial charge in [-0.1, -0.05) is 38.8 Å². The lowest BCUT2D eigenvalue weighted by Crippen LogP contribution is -2.33. The first kappa shape index (κ1) is 14.0. The molecule has 100 valence electrons. The molecule has 1 saturated carbocycles. The van der Waals surface area contributed by atoms with Gasteiger partial charge in [-0.25, -0.2) is 4.39 Å². The van der Waals surface area contributed by atoms with Gasteiger partial charge in [-0.3, -0.25) is 0 Å². The molecule has 0 saturated heterocycles. The molecule has 0 aliphatic heterocycles. The zero-order chi connectivity index (χ0) is 13.3. The predicted molar refractivity (Wildman–Crippen MR) is 74.8 cm³/mol. The van der Waals surface area contributed by atoms with Gasteiger partial charge in [-0.05, 0) is 46.2 Å². The van der Waals surface area contributed by atoms with Crippen LogP contribution in [0, 0.1) is 17.2 Å².